The molecule has 0 aliphatic carbocycles. The molecule has 2 aromatic carbocycles. The average Bonchev–Trinajstić information content (AvgIpc) is 2.61. The van der Waals surface area contributed by atoms with Crippen molar-refractivity contribution in [3.63, 3.8) is 0 Å². The number of rotatable bonds is 4. The Labute approximate surface area is 143 Å². The molecule has 1 aliphatic rings. The lowest BCUT2D eigenvalue weighted by molar-refractivity contribution is 0.0485. The Kier molecular flexibility index (Phi) is 4.86. The minimum absolute atomic E-state index is 0.0699. The topological polar surface area (TPSA) is 64.4 Å². The Morgan fingerprint density at radius 3 is 2.62 bits per heavy atom. The van der Waals surface area contributed by atoms with Crippen molar-refractivity contribution in [3.05, 3.63) is 65.2 Å². The van der Waals surface area contributed by atoms with Gasteiger partial charge in [0.1, 0.15) is 0 Å². The number of anilines is 1. The summed E-state index contributed by atoms with van der Waals surface area (Å²) in [7, 11) is 0. The fraction of sp³-hybridized carbons (Fsp3) is 0.350. The molecule has 126 valence electrons. The van der Waals surface area contributed by atoms with E-state index < -0.39 is 0 Å². The number of carbonyl (C=O) groups excluding carboxylic acids is 1. The van der Waals surface area contributed by atoms with Gasteiger partial charge in [0.2, 0.25) is 0 Å². The molecule has 1 heterocycles. The molecule has 0 radical (unpaired) electrons. The lowest BCUT2D eigenvalue weighted by Gasteiger charge is -2.39. The van der Waals surface area contributed by atoms with Gasteiger partial charge in [0.05, 0.1) is 0 Å². The van der Waals surface area contributed by atoms with E-state index in [1.165, 1.54) is 11.1 Å². The SMILES string of the molecule is Cc1ccccc1C1(CNC(=O)c2cccc(N)c2)CCOCC1. The number of ether oxygens (including phenoxy) is 1. The number of carbonyl (C=O) groups is 1. The molecule has 1 aliphatic heterocycles. The van der Waals surface area contributed by atoms with E-state index >= 15 is 0 Å². The van der Waals surface area contributed by atoms with Crippen molar-refractivity contribution >= 4 is 11.6 Å². The van der Waals surface area contributed by atoms with Crippen molar-refractivity contribution < 1.29 is 9.53 Å². The molecule has 0 saturated carbocycles. The third-order valence-corrected chi connectivity index (χ3v) is 4.90. The first-order valence-corrected chi connectivity index (χ1v) is 8.38. The fourth-order valence-corrected chi connectivity index (χ4v) is 3.50. The van der Waals surface area contributed by atoms with Gasteiger partial charge in [0.25, 0.3) is 5.91 Å². The summed E-state index contributed by atoms with van der Waals surface area (Å²) in [6.07, 6.45) is 1.82. The quantitative estimate of drug-likeness (QED) is 0.850. The average molecular weight is 324 g/mol. The lowest BCUT2D eigenvalue weighted by Crippen LogP contribution is -2.45. The molecule has 4 nitrogen and oxygen atoms in total. The van der Waals surface area contributed by atoms with Crippen LogP contribution in [0, 0.1) is 6.92 Å². The minimum Gasteiger partial charge on any atom is -0.399 e. The number of nitrogens with one attached hydrogen (secondary N) is 1. The third kappa shape index (κ3) is 3.44. The zero-order valence-corrected chi connectivity index (χ0v) is 14.0. The van der Waals surface area contributed by atoms with Gasteiger partial charge in [0.15, 0.2) is 0 Å². The Bertz CT molecular complexity index is 721. The zero-order valence-electron chi connectivity index (χ0n) is 14.0. The molecular weight excluding hydrogens is 300 g/mol. The molecule has 0 spiro atoms. The largest absolute Gasteiger partial charge is 0.399 e. The number of hydrogen-bond acceptors (Lipinski definition) is 3. The second-order valence-electron chi connectivity index (χ2n) is 6.52. The molecule has 1 fully saturated rings. The van der Waals surface area contributed by atoms with Crippen LogP contribution in [0.2, 0.25) is 0 Å². The van der Waals surface area contributed by atoms with Crippen LogP contribution in [-0.2, 0) is 10.2 Å². The van der Waals surface area contributed by atoms with Crippen LogP contribution in [0.5, 0.6) is 0 Å². The van der Waals surface area contributed by atoms with Crippen molar-refractivity contribution in [2.24, 2.45) is 0 Å². The highest BCUT2D eigenvalue weighted by atomic mass is 16.5. The predicted molar refractivity (Wildman–Crippen MR) is 96.1 cm³/mol. The van der Waals surface area contributed by atoms with Crippen LogP contribution in [0.4, 0.5) is 5.69 Å². The Morgan fingerprint density at radius 2 is 1.92 bits per heavy atom. The van der Waals surface area contributed by atoms with E-state index in [2.05, 4.69) is 36.5 Å². The van der Waals surface area contributed by atoms with Gasteiger partial charge < -0.3 is 15.8 Å². The molecule has 0 bridgehead atoms. The zero-order chi connectivity index (χ0) is 17.0. The van der Waals surface area contributed by atoms with Crippen molar-refractivity contribution in [1.82, 2.24) is 5.32 Å². The summed E-state index contributed by atoms with van der Waals surface area (Å²) in [6.45, 7) is 4.19. The van der Waals surface area contributed by atoms with Crippen molar-refractivity contribution in [2.75, 3.05) is 25.5 Å². The first kappa shape index (κ1) is 16.5. The highest BCUT2D eigenvalue weighted by Gasteiger charge is 2.35. The maximum Gasteiger partial charge on any atom is 0.251 e. The van der Waals surface area contributed by atoms with Crippen molar-refractivity contribution in [1.29, 1.82) is 0 Å². The van der Waals surface area contributed by atoms with Crippen LogP contribution in [0.15, 0.2) is 48.5 Å². The Balaban J connectivity index is 1.81. The van der Waals surface area contributed by atoms with Gasteiger partial charge in [-0.1, -0.05) is 30.3 Å². The molecular formula is C20H24N2O2. The fourth-order valence-electron chi connectivity index (χ4n) is 3.50. The van der Waals surface area contributed by atoms with Gasteiger partial charge >= 0.3 is 0 Å². The monoisotopic (exact) mass is 324 g/mol. The predicted octanol–water partition coefficient (Wildman–Crippen LogP) is 3.06. The number of hydrogen-bond donors (Lipinski definition) is 2. The molecule has 0 aromatic heterocycles. The van der Waals surface area contributed by atoms with Gasteiger partial charge in [-0.3, -0.25) is 4.79 Å². The summed E-state index contributed by atoms with van der Waals surface area (Å²) in [5.41, 5.74) is 9.47. The van der Waals surface area contributed by atoms with Crippen molar-refractivity contribution in [3.8, 4) is 0 Å². The van der Waals surface area contributed by atoms with E-state index in [1.54, 1.807) is 24.3 Å². The van der Waals surface area contributed by atoms with E-state index in [4.69, 9.17) is 10.5 Å². The summed E-state index contributed by atoms with van der Waals surface area (Å²) in [5, 5.41) is 3.11. The van der Waals surface area contributed by atoms with Crippen LogP contribution < -0.4 is 11.1 Å². The number of nitrogens with two attached hydrogens (primary N) is 1. The maximum atomic E-state index is 12.5. The first-order chi connectivity index (χ1) is 11.6. The van der Waals surface area contributed by atoms with Crippen LogP contribution in [0.1, 0.15) is 34.3 Å². The van der Waals surface area contributed by atoms with E-state index in [0.29, 0.717) is 17.8 Å². The number of benzene rings is 2. The van der Waals surface area contributed by atoms with E-state index in [-0.39, 0.29) is 11.3 Å². The highest BCUT2D eigenvalue weighted by Crippen LogP contribution is 2.36. The molecule has 24 heavy (non-hydrogen) atoms. The summed E-state index contributed by atoms with van der Waals surface area (Å²) >= 11 is 0. The Hall–Kier alpha value is -2.33. The van der Waals surface area contributed by atoms with Gasteiger partial charge in [-0.25, -0.2) is 0 Å². The van der Waals surface area contributed by atoms with Crippen LogP contribution in [0.25, 0.3) is 0 Å². The molecule has 3 N–H and O–H groups in total. The van der Waals surface area contributed by atoms with Gasteiger partial charge in [-0.15, -0.1) is 0 Å². The van der Waals surface area contributed by atoms with E-state index in [0.717, 1.165) is 26.1 Å². The third-order valence-electron chi connectivity index (χ3n) is 4.90. The highest BCUT2D eigenvalue weighted by molar-refractivity contribution is 5.95. The number of amides is 1. The van der Waals surface area contributed by atoms with E-state index in [9.17, 15) is 4.79 Å². The van der Waals surface area contributed by atoms with Gasteiger partial charge in [-0.05, 0) is 49.1 Å². The summed E-state index contributed by atoms with van der Waals surface area (Å²) in [5.74, 6) is -0.0817. The maximum absolute atomic E-state index is 12.5. The Morgan fingerprint density at radius 1 is 1.17 bits per heavy atom. The summed E-state index contributed by atoms with van der Waals surface area (Å²) < 4.78 is 5.56. The molecule has 3 rings (SSSR count). The second kappa shape index (κ2) is 7.05. The molecule has 1 saturated heterocycles. The van der Waals surface area contributed by atoms with Crippen LogP contribution in [-0.4, -0.2) is 25.7 Å². The first-order valence-electron chi connectivity index (χ1n) is 8.38. The smallest absolute Gasteiger partial charge is 0.251 e. The molecule has 4 heteroatoms. The summed E-state index contributed by atoms with van der Waals surface area (Å²) in [4.78, 5) is 12.5. The number of nitrogen functional groups attached to an aromatic ring is 1. The second-order valence-corrected chi connectivity index (χ2v) is 6.52. The van der Waals surface area contributed by atoms with Crippen LogP contribution in [0.3, 0.4) is 0 Å². The number of aryl methyl sites for hydroxylation is 1. The summed E-state index contributed by atoms with van der Waals surface area (Å²) in [6, 6.07) is 15.5. The molecule has 0 unspecified atom stereocenters. The standard InChI is InChI=1S/C20H24N2O2/c1-15-5-2-3-8-18(15)20(9-11-24-12-10-20)14-22-19(23)16-6-4-7-17(21)13-16/h2-8,13H,9-12,14,21H2,1H3,(H,22,23). The molecule has 1 amide bonds. The van der Waals surface area contributed by atoms with E-state index in [1.807, 2.05) is 0 Å². The minimum atomic E-state index is -0.0817. The molecule has 2 aromatic rings. The van der Waals surface area contributed by atoms with Crippen molar-refractivity contribution in [2.45, 2.75) is 25.2 Å². The molecule has 0 atom stereocenters. The van der Waals surface area contributed by atoms with Gasteiger partial charge in [0, 0.05) is 36.4 Å². The van der Waals surface area contributed by atoms with Gasteiger partial charge in [-0.2, -0.15) is 0 Å². The normalized spacial score (nSPS) is 16.5. The van der Waals surface area contributed by atoms with Crippen LogP contribution >= 0.6 is 0 Å². The lowest BCUT2D eigenvalue weighted by atomic mass is 9.72.